The van der Waals surface area contributed by atoms with Gasteiger partial charge in [-0.25, -0.2) is 13.1 Å². The number of rotatable bonds is 4. The Bertz CT molecular complexity index is 1060. The van der Waals surface area contributed by atoms with E-state index in [0.29, 0.717) is 10.6 Å². The number of halogens is 1. The zero-order valence-electron chi connectivity index (χ0n) is 12.8. The minimum absolute atomic E-state index is 0.0931. The molecular formula is C17H15ClN2O3S. The van der Waals surface area contributed by atoms with Gasteiger partial charge in [-0.05, 0) is 54.8 Å². The number of nitrogens with one attached hydrogen (secondary N) is 2. The van der Waals surface area contributed by atoms with Crippen molar-refractivity contribution >= 4 is 32.5 Å². The van der Waals surface area contributed by atoms with E-state index in [0.717, 1.165) is 16.5 Å². The topological polar surface area (TPSA) is 79.0 Å². The molecule has 1 aromatic heterocycles. The van der Waals surface area contributed by atoms with Gasteiger partial charge in [0.2, 0.25) is 10.0 Å². The Kier molecular flexibility index (Phi) is 4.45. The summed E-state index contributed by atoms with van der Waals surface area (Å²) >= 11 is 5.76. The third-order valence-corrected chi connectivity index (χ3v) is 5.32. The predicted molar refractivity (Wildman–Crippen MR) is 94.8 cm³/mol. The summed E-state index contributed by atoms with van der Waals surface area (Å²) in [6.45, 7) is 1.86. The zero-order chi connectivity index (χ0) is 17.3. The van der Waals surface area contributed by atoms with Crippen molar-refractivity contribution in [3.05, 3.63) is 75.0 Å². The van der Waals surface area contributed by atoms with Crippen molar-refractivity contribution in [2.24, 2.45) is 0 Å². The van der Waals surface area contributed by atoms with Crippen LogP contribution in [0.3, 0.4) is 0 Å². The Balaban J connectivity index is 1.88. The number of fused-ring (bicyclic) bond motifs is 1. The van der Waals surface area contributed by atoms with Gasteiger partial charge >= 0.3 is 0 Å². The van der Waals surface area contributed by atoms with Gasteiger partial charge in [0.25, 0.3) is 5.56 Å². The predicted octanol–water partition coefficient (Wildman–Crippen LogP) is 2.97. The Morgan fingerprint density at radius 2 is 1.79 bits per heavy atom. The van der Waals surface area contributed by atoms with Crippen molar-refractivity contribution in [1.29, 1.82) is 0 Å². The second-order valence-corrected chi connectivity index (χ2v) is 7.70. The van der Waals surface area contributed by atoms with E-state index in [1.54, 1.807) is 6.07 Å². The third kappa shape index (κ3) is 3.51. The van der Waals surface area contributed by atoms with E-state index < -0.39 is 10.0 Å². The molecule has 1 heterocycles. The number of sulfonamides is 1. The summed E-state index contributed by atoms with van der Waals surface area (Å²) in [5.41, 5.74) is 1.81. The molecule has 3 rings (SSSR count). The number of aromatic amines is 1. The third-order valence-electron chi connectivity index (χ3n) is 3.65. The summed E-state index contributed by atoms with van der Waals surface area (Å²) in [6, 6.07) is 13.2. The molecule has 0 atom stereocenters. The molecule has 0 radical (unpaired) electrons. The van der Waals surface area contributed by atoms with Crippen molar-refractivity contribution in [3.63, 3.8) is 0 Å². The van der Waals surface area contributed by atoms with E-state index in [9.17, 15) is 13.2 Å². The quantitative estimate of drug-likeness (QED) is 0.748. The largest absolute Gasteiger partial charge is 0.322 e. The van der Waals surface area contributed by atoms with E-state index in [2.05, 4.69) is 9.71 Å². The summed E-state index contributed by atoms with van der Waals surface area (Å²) in [5.74, 6) is 0. The maximum atomic E-state index is 12.3. The van der Waals surface area contributed by atoms with E-state index in [4.69, 9.17) is 11.6 Å². The molecule has 5 nitrogen and oxygen atoms in total. The maximum Gasteiger partial charge on any atom is 0.252 e. The number of pyridine rings is 1. The molecule has 3 aromatic rings. The molecular weight excluding hydrogens is 348 g/mol. The minimum Gasteiger partial charge on any atom is -0.322 e. The second kappa shape index (κ2) is 6.39. The molecule has 0 aliphatic carbocycles. The number of hydrogen-bond acceptors (Lipinski definition) is 3. The highest BCUT2D eigenvalue weighted by molar-refractivity contribution is 7.89. The number of H-pyrrole nitrogens is 1. The van der Waals surface area contributed by atoms with Gasteiger partial charge in [-0.2, -0.15) is 0 Å². The SMILES string of the molecule is Cc1ccc2[nH]c(=O)c(CNS(=O)(=O)c3ccc(Cl)cc3)cc2c1. The lowest BCUT2D eigenvalue weighted by Crippen LogP contribution is -2.26. The van der Waals surface area contributed by atoms with E-state index in [1.807, 2.05) is 25.1 Å². The zero-order valence-corrected chi connectivity index (χ0v) is 14.4. The van der Waals surface area contributed by atoms with E-state index in [1.165, 1.54) is 24.3 Å². The molecule has 0 saturated carbocycles. The molecule has 0 amide bonds. The van der Waals surface area contributed by atoms with Crippen molar-refractivity contribution < 1.29 is 8.42 Å². The van der Waals surface area contributed by atoms with Crippen LogP contribution in [0, 0.1) is 6.92 Å². The first-order chi connectivity index (χ1) is 11.3. The van der Waals surface area contributed by atoms with Crippen LogP contribution in [0.1, 0.15) is 11.1 Å². The number of aromatic nitrogens is 1. The molecule has 0 fully saturated rings. The van der Waals surface area contributed by atoms with Crippen LogP contribution in [0.2, 0.25) is 5.02 Å². The smallest absolute Gasteiger partial charge is 0.252 e. The van der Waals surface area contributed by atoms with Crippen LogP contribution >= 0.6 is 11.6 Å². The molecule has 7 heteroatoms. The Morgan fingerprint density at radius 1 is 1.08 bits per heavy atom. The molecule has 2 N–H and O–H groups in total. The average molecular weight is 363 g/mol. The Morgan fingerprint density at radius 3 is 2.50 bits per heavy atom. The lowest BCUT2D eigenvalue weighted by Gasteiger charge is -2.08. The van der Waals surface area contributed by atoms with Gasteiger partial charge < -0.3 is 4.98 Å². The molecule has 0 aliphatic heterocycles. The minimum atomic E-state index is -3.71. The van der Waals surface area contributed by atoms with Gasteiger partial charge in [0.05, 0.1) is 4.90 Å². The van der Waals surface area contributed by atoms with Crippen molar-refractivity contribution in [2.45, 2.75) is 18.4 Å². The average Bonchev–Trinajstić information content (AvgIpc) is 2.54. The first kappa shape index (κ1) is 16.7. The van der Waals surface area contributed by atoms with Crippen molar-refractivity contribution in [3.8, 4) is 0 Å². The molecule has 0 saturated heterocycles. The van der Waals surface area contributed by atoms with E-state index >= 15 is 0 Å². The van der Waals surface area contributed by atoms with Gasteiger partial charge in [0.1, 0.15) is 0 Å². The van der Waals surface area contributed by atoms with Gasteiger partial charge in [-0.1, -0.05) is 23.2 Å². The molecule has 0 bridgehead atoms. The summed E-state index contributed by atoms with van der Waals surface area (Å²) in [7, 11) is -3.71. The van der Waals surface area contributed by atoms with Gasteiger partial charge in [-0.15, -0.1) is 0 Å². The van der Waals surface area contributed by atoms with Crippen LogP contribution in [-0.2, 0) is 16.6 Å². The lowest BCUT2D eigenvalue weighted by molar-refractivity contribution is 0.581. The lowest BCUT2D eigenvalue weighted by atomic mass is 10.1. The molecule has 2 aromatic carbocycles. The van der Waals surface area contributed by atoms with Crippen LogP contribution in [0.25, 0.3) is 10.9 Å². The molecule has 0 unspecified atom stereocenters. The Labute approximate surface area is 144 Å². The van der Waals surface area contributed by atoms with E-state index in [-0.39, 0.29) is 17.0 Å². The fourth-order valence-corrected chi connectivity index (χ4v) is 3.50. The first-order valence-electron chi connectivity index (χ1n) is 7.23. The Hall–Kier alpha value is -2.15. The molecule has 0 spiro atoms. The summed E-state index contributed by atoms with van der Waals surface area (Å²) < 4.78 is 27.0. The summed E-state index contributed by atoms with van der Waals surface area (Å²) in [6.07, 6.45) is 0. The van der Waals surface area contributed by atoms with Gasteiger partial charge in [0, 0.05) is 22.6 Å². The number of hydrogen-bond donors (Lipinski definition) is 2. The molecule has 0 aliphatic rings. The summed E-state index contributed by atoms with van der Waals surface area (Å²) in [4.78, 5) is 15.0. The van der Waals surface area contributed by atoms with Crippen LogP contribution < -0.4 is 10.3 Å². The van der Waals surface area contributed by atoms with Crippen LogP contribution in [0.4, 0.5) is 0 Å². The second-order valence-electron chi connectivity index (χ2n) is 5.49. The standard InChI is InChI=1S/C17H15ClN2O3S/c1-11-2-7-16-12(8-11)9-13(17(21)20-16)10-19-24(22,23)15-5-3-14(18)4-6-15/h2-9,19H,10H2,1H3,(H,20,21). The van der Waals surface area contributed by atoms with Gasteiger partial charge in [-0.3, -0.25) is 4.79 Å². The maximum absolute atomic E-state index is 12.3. The summed E-state index contributed by atoms with van der Waals surface area (Å²) in [5, 5.41) is 1.31. The first-order valence-corrected chi connectivity index (χ1v) is 9.09. The highest BCUT2D eigenvalue weighted by Gasteiger charge is 2.14. The fraction of sp³-hybridized carbons (Fsp3) is 0.118. The van der Waals surface area contributed by atoms with Crippen LogP contribution in [-0.4, -0.2) is 13.4 Å². The highest BCUT2D eigenvalue weighted by Crippen LogP contribution is 2.15. The fourth-order valence-electron chi connectivity index (χ4n) is 2.37. The van der Waals surface area contributed by atoms with Crippen LogP contribution in [0.5, 0.6) is 0 Å². The normalized spacial score (nSPS) is 11.8. The van der Waals surface area contributed by atoms with Crippen molar-refractivity contribution in [1.82, 2.24) is 9.71 Å². The van der Waals surface area contributed by atoms with Crippen molar-refractivity contribution in [2.75, 3.05) is 0 Å². The van der Waals surface area contributed by atoms with Crippen LogP contribution in [0.15, 0.2) is 58.2 Å². The molecule has 124 valence electrons. The molecule has 24 heavy (non-hydrogen) atoms. The monoisotopic (exact) mass is 362 g/mol. The number of aryl methyl sites for hydroxylation is 1. The highest BCUT2D eigenvalue weighted by atomic mass is 35.5. The van der Waals surface area contributed by atoms with Gasteiger partial charge in [0.15, 0.2) is 0 Å². The number of benzene rings is 2.